The number of likely N-dealkylation sites (tertiary alicyclic amines) is 2. The zero-order chi connectivity index (χ0) is 31.9. The van der Waals surface area contributed by atoms with Crippen molar-refractivity contribution < 1.29 is 23.6 Å². The zero-order valence-corrected chi connectivity index (χ0v) is 26.3. The summed E-state index contributed by atoms with van der Waals surface area (Å²) >= 11 is 0. The van der Waals surface area contributed by atoms with Crippen molar-refractivity contribution in [2.24, 2.45) is 4.99 Å². The average molecular weight is 615 g/mol. The van der Waals surface area contributed by atoms with Gasteiger partial charge in [0, 0.05) is 54.9 Å². The number of carbonyl (C=O) groups excluding carboxylic acids is 4. The van der Waals surface area contributed by atoms with Crippen molar-refractivity contribution in [1.29, 1.82) is 0 Å². The van der Waals surface area contributed by atoms with E-state index in [9.17, 15) is 19.2 Å². The molecule has 4 amide bonds. The van der Waals surface area contributed by atoms with E-state index in [1.54, 1.807) is 34.1 Å². The monoisotopic (exact) mass is 614 g/mol. The van der Waals surface area contributed by atoms with Crippen LogP contribution in [0.5, 0.6) is 0 Å². The SMILES string of the molecule is CCN(CC)C(=O)c1ccc(C(=O)NC(=NC2CCCCN(CC(=O)N3CCCC3)C2=O)Nc2ccc3oc(C)cc3c2)cc1. The highest BCUT2D eigenvalue weighted by atomic mass is 16.3. The third-order valence-corrected chi connectivity index (χ3v) is 8.40. The fraction of sp³-hybridized carbons (Fsp3) is 0.441. The highest BCUT2D eigenvalue weighted by Gasteiger charge is 2.30. The number of hydrogen-bond acceptors (Lipinski definition) is 6. The van der Waals surface area contributed by atoms with Crippen molar-refractivity contribution in [3.63, 3.8) is 0 Å². The number of rotatable bonds is 8. The summed E-state index contributed by atoms with van der Waals surface area (Å²) < 4.78 is 5.70. The number of nitrogens with one attached hydrogen (secondary N) is 2. The van der Waals surface area contributed by atoms with Crippen LogP contribution in [0, 0.1) is 6.92 Å². The van der Waals surface area contributed by atoms with Gasteiger partial charge in [0.2, 0.25) is 17.8 Å². The largest absolute Gasteiger partial charge is 0.461 e. The zero-order valence-electron chi connectivity index (χ0n) is 26.3. The van der Waals surface area contributed by atoms with E-state index in [1.807, 2.05) is 49.9 Å². The lowest BCUT2D eigenvalue weighted by atomic mass is 10.1. The lowest BCUT2D eigenvalue weighted by Gasteiger charge is -2.25. The molecule has 1 atom stereocenters. The van der Waals surface area contributed by atoms with Gasteiger partial charge in [-0.1, -0.05) is 0 Å². The molecule has 3 heterocycles. The van der Waals surface area contributed by atoms with E-state index >= 15 is 0 Å². The molecule has 2 aliphatic heterocycles. The number of amides is 4. The van der Waals surface area contributed by atoms with Crippen molar-refractivity contribution in [3.8, 4) is 0 Å². The summed E-state index contributed by atoms with van der Waals surface area (Å²) in [5, 5.41) is 6.94. The molecular weight excluding hydrogens is 572 g/mol. The van der Waals surface area contributed by atoms with E-state index in [0.717, 1.165) is 55.5 Å². The number of hydrogen-bond donors (Lipinski definition) is 2. The molecule has 2 aliphatic rings. The first-order chi connectivity index (χ1) is 21.7. The Hall–Kier alpha value is -4.67. The molecule has 0 bridgehead atoms. The first-order valence-electron chi connectivity index (χ1n) is 15.9. The molecule has 0 spiro atoms. The Morgan fingerprint density at radius 1 is 0.933 bits per heavy atom. The highest BCUT2D eigenvalue weighted by Crippen LogP contribution is 2.23. The molecule has 2 aromatic carbocycles. The van der Waals surface area contributed by atoms with Crippen molar-refractivity contribution in [1.82, 2.24) is 20.0 Å². The van der Waals surface area contributed by atoms with Crippen LogP contribution >= 0.6 is 0 Å². The molecule has 1 aromatic heterocycles. The van der Waals surface area contributed by atoms with Crippen LogP contribution in [0.3, 0.4) is 0 Å². The molecule has 1 unspecified atom stereocenters. The summed E-state index contributed by atoms with van der Waals surface area (Å²) in [6.45, 7) is 8.90. The number of aryl methyl sites for hydroxylation is 1. The molecule has 0 aliphatic carbocycles. The number of carbonyl (C=O) groups is 4. The number of nitrogens with zero attached hydrogens (tertiary/aromatic N) is 4. The van der Waals surface area contributed by atoms with Crippen LogP contribution in [0.25, 0.3) is 11.0 Å². The number of guanidine groups is 1. The molecule has 2 saturated heterocycles. The predicted octanol–water partition coefficient (Wildman–Crippen LogP) is 4.42. The third-order valence-electron chi connectivity index (χ3n) is 8.40. The lowest BCUT2D eigenvalue weighted by molar-refractivity contribution is -0.140. The minimum absolute atomic E-state index is 0.0367. The van der Waals surface area contributed by atoms with Crippen molar-refractivity contribution in [2.75, 3.05) is 44.6 Å². The van der Waals surface area contributed by atoms with Gasteiger partial charge < -0.3 is 24.4 Å². The normalized spacial score (nSPS) is 17.4. The fourth-order valence-corrected chi connectivity index (χ4v) is 5.87. The lowest BCUT2D eigenvalue weighted by Crippen LogP contribution is -2.45. The van der Waals surface area contributed by atoms with Crippen LogP contribution < -0.4 is 10.6 Å². The van der Waals surface area contributed by atoms with Gasteiger partial charge in [-0.15, -0.1) is 0 Å². The molecule has 11 heteroatoms. The third kappa shape index (κ3) is 7.71. The van der Waals surface area contributed by atoms with Gasteiger partial charge in [-0.25, -0.2) is 4.99 Å². The summed E-state index contributed by atoms with van der Waals surface area (Å²) in [7, 11) is 0. The van der Waals surface area contributed by atoms with E-state index < -0.39 is 11.9 Å². The molecule has 0 radical (unpaired) electrons. The Labute approximate surface area is 263 Å². The molecular formula is C34H42N6O5. The maximum Gasteiger partial charge on any atom is 0.257 e. The second-order valence-corrected chi connectivity index (χ2v) is 11.6. The average Bonchev–Trinajstić information content (AvgIpc) is 3.68. The van der Waals surface area contributed by atoms with Gasteiger partial charge in [-0.05, 0) is 101 Å². The van der Waals surface area contributed by atoms with Gasteiger partial charge in [-0.2, -0.15) is 0 Å². The molecule has 45 heavy (non-hydrogen) atoms. The molecule has 3 aromatic rings. The summed E-state index contributed by atoms with van der Waals surface area (Å²) in [6, 6.07) is 13.2. The first-order valence-corrected chi connectivity index (χ1v) is 15.9. The smallest absolute Gasteiger partial charge is 0.257 e. The molecule has 238 valence electrons. The number of anilines is 1. The number of aliphatic imine (C=N–C) groups is 1. The van der Waals surface area contributed by atoms with Crippen LogP contribution in [0.4, 0.5) is 5.69 Å². The molecule has 5 rings (SSSR count). The van der Waals surface area contributed by atoms with E-state index in [1.165, 1.54) is 0 Å². The summed E-state index contributed by atoms with van der Waals surface area (Å²) in [6.07, 6.45) is 4.00. The van der Waals surface area contributed by atoms with E-state index in [-0.39, 0.29) is 30.2 Å². The minimum atomic E-state index is -0.768. The van der Waals surface area contributed by atoms with Gasteiger partial charge in [0.25, 0.3) is 11.8 Å². The Balaban J connectivity index is 1.38. The predicted molar refractivity (Wildman–Crippen MR) is 173 cm³/mol. The van der Waals surface area contributed by atoms with Crippen LogP contribution in [0.15, 0.2) is 57.9 Å². The van der Waals surface area contributed by atoms with E-state index in [4.69, 9.17) is 9.41 Å². The van der Waals surface area contributed by atoms with E-state index in [0.29, 0.717) is 42.9 Å². The Kier molecular flexibility index (Phi) is 10.2. The van der Waals surface area contributed by atoms with Gasteiger partial charge in [0.15, 0.2) is 0 Å². The summed E-state index contributed by atoms with van der Waals surface area (Å²) in [5.41, 5.74) is 2.23. The van der Waals surface area contributed by atoms with Crippen molar-refractivity contribution in [3.05, 3.63) is 65.4 Å². The second-order valence-electron chi connectivity index (χ2n) is 11.6. The standard InChI is InChI=1S/C34H42N6O5/c1-4-38(5-2)32(43)25-13-11-24(12-14-25)31(42)37-34(35-27-15-16-29-26(21-27)20-23(3)45-29)36-28-10-6-7-19-40(33(28)44)22-30(41)39-17-8-9-18-39/h11-16,20-21,28H,4-10,17-19,22H2,1-3H3,(H2,35,36,37,42). The molecule has 0 saturated carbocycles. The number of benzene rings is 2. The maximum atomic E-state index is 13.7. The van der Waals surface area contributed by atoms with Gasteiger partial charge >= 0.3 is 0 Å². The topological polar surface area (TPSA) is 128 Å². The minimum Gasteiger partial charge on any atom is -0.461 e. The van der Waals surface area contributed by atoms with Gasteiger partial charge in [0.05, 0.1) is 6.54 Å². The summed E-state index contributed by atoms with van der Waals surface area (Å²) in [4.78, 5) is 62.6. The Morgan fingerprint density at radius 2 is 1.62 bits per heavy atom. The Bertz CT molecular complexity index is 1570. The van der Waals surface area contributed by atoms with Crippen molar-refractivity contribution >= 4 is 46.2 Å². The van der Waals surface area contributed by atoms with Crippen molar-refractivity contribution in [2.45, 2.75) is 58.9 Å². The number of fused-ring (bicyclic) bond motifs is 1. The second kappa shape index (κ2) is 14.4. The first kappa shape index (κ1) is 31.7. The fourth-order valence-electron chi connectivity index (χ4n) is 5.87. The van der Waals surface area contributed by atoms with Crippen LogP contribution in [0.1, 0.15) is 72.4 Å². The van der Waals surface area contributed by atoms with E-state index in [2.05, 4.69) is 10.6 Å². The van der Waals surface area contributed by atoms with Crippen LogP contribution in [0.2, 0.25) is 0 Å². The Morgan fingerprint density at radius 3 is 2.33 bits per heavy atom. The van der Waals surface area contributed by atoms with Crippen LogP contribution in [-0.4, -0.2) is 89.6 Å². The van der Waals surface area contributed by atoms with Crippen LogP contribution in [-0.2, 0) is 9.59 Å². The summed E-state index contributed by atoms with van der Waals surface area (Å²) in [5.74, 6) is 0.0946. The van der Waals surface area contributed by atoms with Gasteiger partial charge in [0.1, 0.15) is 17.4 Å². The number of furan rings is 1. The molecule has 2 N–H and O–H groups in total. The van der Waals surface area contributed by atoms with Gasteiger partial charge in [-0.3, -0.25) is 24.5 Å². The molecule has 2 fully saturated rings. The highest BCUT2D eigenvalue weighted by molar-refractivity contribution is 6.11. The quantitative estimate of drug-likeness (QED) is 0.286. The molecule has 11 nitrogen and oxygen atoms in total. The maximum absolute atomic E-state index is 13.7.